The van der Waals surface area contributed by atoms with Gasteiger partial charge in [-0.05, 0) is 55.2 Å². The molecule has 2 aromatic carbocycles. The number of carbonyl (C=O) groups is 2. The van der Waals surface area contributed by atoms with E-state index in [1.807, 2.05) is 32.0 Å². The molecule has 0 unspecified atom stereocenters. The van der Waals surface area contributed by atoms with E-state index >= 15 is 0 Å². The van der Waals surface area contributed by atoms with E-state index < -0.39 is 0 Å². The van der Waals surface area contributed by atoms with Gasteiger partial charge in [-0.15, -0.1) is 0 Å². The number of rotatable bonds is 8. The first-order chi connectivity index (χ1) is 12.9. The number of nitrogens with zero attached hydrogens (tertiary/aromatic N) is 1. The summed E-state index contributed by atoms with van der Waals surface area (Å²) in [6, 6.07) is 11.7. The quantitative estimate of drug-likeness (QED) is 0.743. The third-order valence-corrected chi connectivity index (χ3v) is 4.74. The van der Waals surface area contributed by atoms with Gasteiger partial charge >= 0.3 is 0 Å². The molecule has 0 aliphatic heterocycles. The molecule has 144 valence electrons. The standard InChI is InChI=1S/C21H24ClFN2O2/c1-3-25(14-20(26)24-13-17-6-9-18(23)10-7-17)21(27)11-8-16-5-4-15(2)19(22)12-16/h4-7,9-10,12H,3,8,11,13-14H2,1-2H3,(H,24,26). The molecule has 0 saturated carbocycles. The van der Waals surface area contributed by atoms with Crippen LogP contribution in [0, 0.1) is 12.7 Å². The summed E-state index contributed by atoms with van der Waals surface area (Å²) in [5.74, 6) is -0.637. The highest BCUT2D eigenvalue weighted by Crippen LogP contribution is 2.17. The summed E-state index contributed by atoms with van der Waals surface area (Å²) in [7, 11) is 0. The number of benzene rings is 2. The summed E-state index contributed by atoms with van der Waals surface area (Å²) in [6.07, 6.45) is 0.894. The molecule has 0 fully saturated rings. The second kappa shape index (κ2) is 10.1. The predicted molar refractivity (Wildman–Crippen MR) is 105 cm³/mol. The zero-order chi connectivity index (χ0) is 19.8. The van der Waals surface area contributed by atoms with Crippen molar-refractivity contribution in [2.75, 3.05) is 13.1 Å². The van der Waals surface area contributed by atoms with Crippen molar-refractivity contribution in [1.29, 1.82) is 0 Å². The zero-order valence-electron chi connectivity index (χ0n) is 15.6. The van der Waals surface area contributed by atoms with Crippen molar-refractivity contribution in [2.45, 2.75) is 33.2 Å². The maximum absolute atomic E-state index is 12.9. The molecule has 27 heavy (non-hydrogen) atoms. The van der Waals surface area contributed by atoms with Crippen molar-refractivity contribution in [1.82, 2.24) is 10.2 Å². The Morgan fingerprint density at radius 2 is 1.78 bits per heavy atom. The lowest BCUT2D eigenvalue weighted by Gasteiger charge is -2.20. The molecule has 0 aliphatic rings. The van der Waals surface area contributed by atoms with Gasteiger partial charge in [0, 0.05) is 24.5 Å². The number of amides is 2. The number of aryl methyl sites for hydroxylation is 2. The van der Waals surface area contributed by atoms with E-state index in [1.54, 1.807) is 12.1 Å². The summed E-state index contributed by atoms with van der Waals surface area (Å²) in [4.78, 5) is 26.1. The largest absolute Gasteiger partial charge is 0.350 e. The van der Waals surface area contributed by atoms with E-state index in [4.69, 9.17) is 11.6 Å². The van der Waals surface area contributed by atoms with Gasteiger partial charge in [0.05, 0.1) is 6.54 Å². The molecule has 2 rings (SSSR count). The Kier molecular flexibility index (Phi) is 7.80. The van der Waals surface area contributed by atoms with Crippen LogP contribution in [-0.2, 0) is 22.6 Å². The predicted octanol–water partition coefficient (Wildman–Crippen LogP) is 3.89. The average Bonchev–Trinajstić information content (AvgIpc) is 2.66. The van der Waals surface area contributed by atoms with E-state index in [-0.39, 0.29) is 24.2 Å². The van der Waals surface area contributed by atoms with Gasteiger partial charge in [0.1, 0.15) is 5.82 Å². The fourth-order valence-corrected chi connectivity index (χ4v) is 2.81. The van der Waals surface area contributed by atoms with Crippen LogP contribution >= 0.6 is 11.6 Å². The number of hydrogen-bond donors (Lipinski definition) is 1. The molecule has 0 atom stereocenters. The summed E-state index contributed by atoms with van der Waals surface area (Å²) < 4.78 is 12.9. The number of nitrogens with one attached hydrogen (secondary N) is 1. The minimum atomic E-state index is -0.317. The molecule has 1 N–H and O–H groups in total. The van der Waals surface area contributed by atoms with Crippen LogP contribution in [0.4, 0.5) is 4.39 Å². The van der Waals surface area contributed by atoms with Gasteiger partial charge in [0.25, 0.3) is 0 Å². The molecule has 2 amide bonds. The molecular formula is C21H24ClFN2O2. The number of likely N-dealkylation sites (N-methyl/N-ethyl adjacent to an activating group) is 1. The smallest absolute Gasteiger partial charge is 0.239 e. The number of halogens is 2. The fourth-order valence-electron chi connectivity index (χ4n) is 2.61. The monoisotopic (exact) mass is 390 g/mol. The Hall–Kier alpha value is -2.40. The van der Waals surface area contributed by atoms with Gasteiger partial charge in [-0.1, -0.05) is 35.9 Å². The van der Waals surface area contributed by atoms with E-state index in [1.165, 1.54) is 17.0 Å². The van der Waals surface area contributed by atoms with Crippen LogP contribution in [-0.4, -0.2) is 29.8 Å². The molecule has 0 aromatic heterocycles. The van der Waals surface area contributed by atoms with Crippen LogP contribution in [0.5, 0.6) is 0 Å². The Balaban J connectivity index is 1.81. The average molecular weight is 391 g/mol. The van der Waals surface area contributed by atoms with Gasteiger partial charge in [-0.3, -0.25) is 9.59 Å². The zero-order valence-corrected chi connectivity index (χ0v) is 16.4. The van der Waals surface area contributed by atoms with Crippen LogP contribution in [0.1, 0.15) is 30.0 Å². The number of hydrogen-bond acceptors (Lipinski definition) is 2. The Labute approximate surface area is 164 Å². The third kappa shape index (κ3) is 6.68. The fraction of sp³-hybridized carbons (Fsp3) is 0.333. The van der Waals surface area contributed by atoms with Crippen molar-refractivity contribution >= 4 is 23.4 Å². The molecular weight excluding hydrogens is 367 g/mol. The van der Waals surface area contributed by atoms with Gasteiger partial charge < -0.3 is 10.2 Å². The Morgan fingerprint density at radius 1 is 1.11 bits per heavy atom. The van der Waals surface area contributed by atoms with Crippen LogP contribution in [0.2, 0.25) is 5.02 Å². The van der Waals surface area contributed by atoms with Crippen molar-refractivity contribution in [2.24, 2.45) is 0 Å². The lowest BCUT2D eigenvalue weighted by Crippen LogP contribution is -2.40. The molecule has 4 nitrogen and oxygen atoms in total. The molecule has 2 aromatic rings. The molecule has 0 heterocycles. The minimum absolute atomic E-state index is 0.00514. The van der Waals surface area contributed by atoms with Crippen molar-refractivity contribution < 1.29 is 14.0 Å². The molecule has 0 spiro atoms. The molecule has 0 aliphatic carbocycles. The lowest BCUT2D eigenvalue weighted by molar-refractivity contribution is -0.135. The summed E-state index contributed by atoms with van der Waals surface area (Å²) >= 11 is 6.11. The van der Waals surface area contributed by atoms with Crippen molar-refractivity contribution in [3.63, 3.8) is 0 Å². The normalized spacial score (nSPS) is 10.5. The highest BCUT2D eigenvalue weighted by Gasteiger charge is 2.15. The molecule has 0 radical (unpaired) electrons. The van der Waals surface area contributed by atoms with E-state index in [9.17, 15) is 14.0 Å². The molecule has 0 bridgehead atoms. The maximum Gasteiger partial charge on any atom is 0.239 e. The second-order valence-electron chi connectivity index (χ2n) is 6.39. The maximum atomic E-state index is 12.9. The first-order valence-corrected chi connectivity index (χ1v) is 9.30. The third-order valence-electron chi connectivity index (χ3n) is 4.34. The van der Waals surface area contributed by atoms with Crippen molar-refractivity contribution in [3.05, 3.63) is 70.0 Å². The highest BCUT2D eigenvalue weighted by molar-refractivity contribution is 6.31. The summed E-state index contributed by atoms with van der Waals surface area (Å²) in [5, 5.41) is 3.44. The van der Waals surface area contributed by atoms with Crippen LogP contribution < -0.4 is 5.32 Å². The van der Waals surface area contributed by atoms with E-state index in [2.05, 4.69) is 5.32 Å². The van der Waals surface area contributed by atoms with Gasteiger partial charge in [-0.2, -0.15) is 0 Å². The first-order valence-electron chi connectivity index (χ1n) is 8.93. The minimum Gasteiger partial charge on any atom is -0.350 e. The van der Waals surface area contributed by atoms with Crippen LogP contribution in [0.15, 0.2) is 42.5 Å². The molecule has 0 saturated heterocycles. The second-order valence-corrected chi connectivity index (χ2v) is 6.80. The van der Waals surface area contributed by atoms with Gasteiger partial charge in [0.15, 0.2) is 0 Å². The number of carbonyl (C=O) groups excluding carboxylic acids is 2. The van der Waals surface area contributed by atoms with E-state index in [0.717, 1.165) is 16.7 Å². The first kappa shape index (κ1) is 20.9. The molecule has 6 heteroatoms. The summed E-state index contributed by atoms with van der Waals surface area (Å²) in [6.45, 7) is 4.53. The van der Waals surface area contributed by atoms with Gasteiger partial charge in [-0.25, -0.2) is 4.39 Å². The SMILES string of the molecule is CCN(CC(=O)NCc1ccc(F)cc1)C(=O)CCc1ccc(C)c(Cl)c1. The highest BCUT2D eigenvalue weighted by atomic mass is 35.5. The Morgan fingerprint density at radius 3 is 2.41 bits per heavy atom. The Bertz CT molecular complexity index is 793. The van der Waals surface area contributed by atoms with Crippen molar-refractivity contribution in [3.8, 4) is 0 Å². The van der Waals surface area contributed by atoms with E-state index in [0.29, 0.717) is 31.0 Å². The van der Waals surface area contributed by atoms with Crippen LogP contribution in [0.3, 0.4) is 0 Å². The lowest BCUT2D eigenvalue weighted by atomic mass is 10.1. The van der Waals surface area contributed by atoms with Gasteiger partial charge in [0.2, 0.25) is 11.8 Å². The summed E-state index contributed by atoms with van der Waals surface area (Å²) in [5.41, 5.74) is 2.80. The van der Waals surface area contributed by atoms with Crippen LogP contribution in [0.25, 0.3) is 0 Å². The topological polar surface area (TPSA) is 49.4 Å².